The summed E-state index contributed by atoms with van der Waals surface area (Å²) in [6.45, 7) is 1.31. The first-order valence-electron chi connectivity index (χ1n) is 12.4. The number of ether oxygens (including phenoxy) is 3. The molecule has 1 saturated carbocycles. The Labute approximate surface area is 207 Å². The van der Waals surface area contributed by atoms with Crippen LogP contribution in [-0.4, -0.2) is 72.6 Å². The van der Waals surface area contributed by atoms with Gasteiger partial charge in [0.2, 0.25) is 11.8 Å². The standard InChI is InChI=1S/C27H35N3O5/c1-33-23-10-11-25(34-2)21(13-23)14-26(31)29-16-24(35-19-20-7-6-12-28-15-20)17-30(27(32)18-29)22-8-4-3-5-9-22/h6-7,10-13,15,22,24H,3-5,8-9,14,16-19H2,1-2H3/t24-/m1/s1. The number of benzene rings is 1. The van der Waals surface area contributed by atoms with E-state index in [1.54, 1.807) is 49.7 Å². The van der Waals surface area contributed by atoms with Gasteiger partial charge in [0.15, 0.2) is 0 Å². The number of hydrogen-bond donors (Lipinski definition) is 0. The van der Waals surface area contributed by atoms with E-state index < -0.39 is 0 Å². The molecule has 1 aromatic carbocycles. The van der Waals surface area contributed by atoms with Crippen LogP contribution in [0.25, 0.3) is 0 Å². The maximum Gasteiger partial charge on any atom is 0.242 e. The Morgan fingerprint density at radius 2 is 1.91 bits per heavy atom. The summed E-state index contributed by atoms with van der Waals surface area (Å²) in [6.07, 6.45) is 8.84. The molecule has 2 heterocycles. The van der Waals surface area contributed by atoms with Crippen molar-refractivity contribution in [2.24, 2.45) is 0 Å². The number of carbonyl (C=O) groups is 2. The average molecular weight is 482 g/mol. The van der Waals surface area contributed by atoms with E-state index >= 15 is 0 Å². The predicted octanol–water partition coefficient (Wildman–Crippen LogP) is 3.23. The molecular formula is C27H35N3O5. The maximum absolute atomic E-state index is 13.4. The SMILES string of the molecule is COc1ccc(OC)c(CC(=O)N2CC(=O)N(C3CCCCC3)C[C@H](OCc3cccnc3)C2)c1. The molecule has 0 spiro atoms. The van der Waals surface area contributed by atoms with Crippen molar-refractivity contribution in [2.75, 3.05) is 33.9 Å². The minimum absolute atomic E-state index is 0.00432. The zero-order valence-corrected chi connectivity index (χ0v) is 20.7. The van der Waals surface area contributed by atoms with Crippen LogP contribution in [-0.2, 0) is 27.4 Å². The third kappa shape index (κ3) is 6.51. The minimum Gasteiger partial charge on any atom is -0.497 e. The second-order valence-electron chi connectivity index (χ2n) is 9.26. The normalized spacial score (nSPS) is 19.4. The molecule has 8 nitrogen and oxygen atoms in total. The van der Waals surface area contributed by atoms with E-state index in [9.17, 15) is 9.59 Å². The molecule has 2 aromatic rings. The van der Waals surface area contributed by atoms with Crippen LogP contribution in [0.1, 0.15) is 43.2 Å². The van der Waals surface area contributed by atoms with Crippen LogP contribution in [0.4, 0.5) is 0 Å². The monoisotopic (exact) mass is 481 g/mol. The van der Waals surface area contributed by atoms with Crippen LogP contribution >= 0.6 is 0 Å². The second kappa shape index (κ2) is 12.0. The fourth-order valence-corrected chi connectivity index (χ4v) is 4.98. The number of hydrogen-bond acceptors (Lipinski definition) is 6. The molecule has 1 aliphatic heterocycles. The van der Waals surface area contributed by atoms with Crippen molar-refractivity contribution in [3.8, 4) is 11.5 Å². The van der Waals surface area contributed by atoms with Crippen LogP contribution in [0.2, 0.25) is 0 Å². The molecule has 1 atom stereocenters. The zero-order valence-electron chi connectivity index (χ0n) is 20.7. The molecule has 0 bridgehead atoms. The van der Waals surface area contributed by atoms with E-state index in [1.165, 1.54) is 6.42 Å². The first kappa shape index (κ1) is 25.0. The van der Waals surface area contributed by atoms with Crippen LogP contribution in [0.3, 0.4) is 0 Å². The number of amides is 2. The zero-order chi connectivity index (χ0) is 24.6. The Morgan fingerprint density at radius 3 is 2.63 bits per heavy atom. The van der Waals surface area contributed by atoms with E-state index in [4.69, 9.17) is 14.2 Å². The summed E-state index contributed by atoms with van der Waals surface area (Å²) in [4.78, 5) is 34.5. The van der Waals surface area contributed by atoms with Gasteiger partial charge in [0.05, 0.1) is 39.9 Å². The molecular weight excluding hydrogens is 446 g/mol. The lowest BCUT2D eigenvalue weighted by atomic mass is 9.94. The first-order valence-corrected chi connectivity index (χ1v) is 12.4. The highest BCUT2D eigenvalue weighted by atomic mass is 16.5. The summed E-state index contributed by atoms with van der Waals surface area (Å²) in [5.41, 5.74) is 1.69. The number of carbonyl (C=O) groups excluding carboxylic acids is 2. The van der Waals surface area contributed by atoms with E-state index in [-0.39, 0.29) is 36.9 Å². The van der Waals surface area contributed by atoms with Crippen molar-refractivity contribution in [3.05, 3.63) is 53.9 Å². The van der Waals surface area contributed by atoms with Gasteiger partial charge in [-0.15, -0.1) is 0 Å². The van der Waals surface area contributed by atoms with Gasteiger partial charge in [0.1, 0.15) is 11.5 Å². The van der Waals surface area contributed by atoms with Gasteiger partial charge in [0.25, 0.3) is 0 Å². The summed E-state index contributed by atoms with van der Waals surface area (Å²) in [7, 11) is 3.17. The highest BCUT2D eigenvalue weighted by Gasteiger charge is 2.35. The third-order valence-electron chi connectivity index (χ3n) is 6.88. The molecule has 0 radical (unpaired) electrons. The first-order chi connectivity index (χ1) is 17.1. The average Bonchev–Trinajstić information content (AvgIpc) is 3.07. The molecule has 1 aromatic heterocycles. The Morgan fingerprint density at radius 1 is 1.09 bits per heavy atom. The van der Waals surface area contributed by atoms with Crippen LogP contribution in [0.5, 0.6) is 11.5 Å². The van der Waals surface area contributed by atoms with Gasteiger partial charge in [-0.25, -0.2) is 0 Å². The minimum atomic E-state index is -0.278. The third-order valence-corrected chi connectivity index (χ3v) is 6.88. The fraction of sp³-hybridized carbons (Fsp3) is 0.519. The van der Waals surface area contributed by atoms with Crippen LogP contribution < -0.4 is 9.47 Å². The highest BCUT2D eigenvalue weighted by molar-refractivity contribution is 5.87. The maximum atomic E-state index is 13.4. The Balaban J connectivity index is 1.51. The van der Waals surface area contributed by atoms with Gasteiger partial charge in [0, 0.05) is 37.1 Å². The van der Waals surface area contributed by atoms with E-state index in [0.29, 0.717) is 31.2 Å². The molecule has 8 heteroatoms. The van der Waals surface area contributed by atoms with Gasteiger partial charge in [-0.2, -0.15) is 0 Å². The molecule has 2 aliphatic rings. The number of pyridine rings is 1. The van der Waals surface area contributed by atoms with Crippen LogP contribution in [0, 0.1) is 0 Å². The van der Waals surface area contributed by atoms with Crippen molar-refractivity contribution in [1.29, 1.82) is 0 Å². The van der Waals surface area contributed by atoms with E-state index in [0.717, 1.165) is 36.8 Å². The van der Waals surface area contributed by atoms with Gasteiger partial charge in [-0.1, -0.05) is 25.3 Å². The summed E-state index contributed by atoms with van der Waals surface area (Å²) in [6, 6.07) is 9.45. The Hall–Kier alpha value is -3.13. The van der Waals surface area contributed by atoms with Crippen molar-refractivity contribution in [3.63, 3.8) is 0 Å². The van der Waals surface area contributed by atoms with Gasteiger partial charge in [-0.3, -0.25) is 14.6 Å². The molecule has 2 fully saturated rings. The summed E-state index contributed by atoms with van der Waals surface area (Å²) in [5, 5.41) is 0. The van der Waals surface area contributed by atoms with E-state index in [2.05, 4.69) is 4.98 Å². The van der Waals surface area contributed by atoms with Crippen molar-refractivity contribution in [1.82, 2.24) is 14.8 Å². The largest absolute Gasteiger partial charge is 0.497 e. The number of nitrogens with zero attached hydrogens (tertiary/aromatic N) is 3. The molecule has 188 valence electrons. The van der Waals surface area contributed by atoms with Crippen molar-refractivity contribution in [2.45, 2.75) is 57.3 Å². The summed E-state index contributed by atoms with van der Waals surface area (Å²) < 4.78 is 17.0. The molecule has 1 aliphatic carbocycles. The lowest BCUT2D eigenvalue weighted by Gasteiger charge is -2.34. The molecule has 2 amide bonds. The smallest absolute Gasteiger partial charge is 0.242 e. The Kier molecular flexibility index (Phi) is 8.58. The number of aromatic nitrogens is 1. The second-order valence-corrected chi connectivity index (χ2v) is 9.26. The quantitative estimate of drug-likeness (QED) is 0.576. The summed E-state index contributed by atoms with van der Waals surface area (Å²) in [5.74, 6) is 1.14. The van der Waals surface area contributed by atoms with Gasteiger partial charge in [-0.05, 0) is 42.7 Å². The fourth-order valence-electron chi connectivity index (χ4n) is 4.98. The van der Waals surface area contributed by atoms with Crippen molar-refractivity contribution < 1.29 is 23.8 Å². The van der Waals surface area contributed by atoms with Crippen LogP contribution in [0.15, 0.2) is 42.7 Å². The summed E-state index contributed by atoms with van der Waals surface area (Å²) >= 11 is 0. The number of methoxy groups -OCH3 is 2. The topological polar surface area (TPSA) is 81.2 Å². The molecule has 4 rings (SSSR count). The van der Waals surface area contributed by atoms with E-state index in [1.807, 2.05) is 17.0 Å². The lowest BCUT2D eigenvalue weighted by molar-refractivity contribution is -0.139. The Bertz CT molecular complexity index is 994. The van der Waals surface area contributed by atoms with Gasteiger partial charge < -0.3 is 24.0 Å². The van der Waals surface area contributed by atoms with Gasteiger partial charge >= 0.3 is 0 Å². The molecule has 0 N–H and O–H groups in total. The predicted molar refractivity (Wildman–Crippen MR) is 131 cm³/mol. The molecule has 1 saturated heterocycles. The van der Waals surface area contributed by atoms with Crippen molar-refractivity contribution >= 4 is 11.8 Å². The highest BCUT2D eigenvalue weighted by Crippen LogP contribution is 2.27. The number of rotatable bonds is 8. The molecule has 0 unspecified atom stereocenters. The lowest BCUT2D eigenvalue weighted by Crippen LogP contribution is -2.46. The molecule has 35 heavy (non-hydrogen) atoms.